The smallest absolute Gasteiger partial charge is 0.274 e. The molecule has 1 aliphatic heterocycles. The fourth-order valence-corrected chi connectivity index (χ4v) is 3.40. The third kappa shape index (κ3) is 2.54. The van der Waals surface area contributed by atoms with Crippen molar-refractivity contribution in [3.05, 3.63) is 54.1 Å². The van der Waals surface area contributed by atoms with Crippen LogP contribution < -0.4 is 0 Å². The maximum Gasteiger partial charge on any atom is 0.274 e. The van der Waals surface area contributed by atoms with E-state index >= 15 is 0 Å². The molecule has 3 aromatic rings. The summed E-state index contributed by atoms with van der Waals surface area (Å²) in [5.74, 6) is -0.0563. The third-order valence-electron chi connectivity index (χ3n) is 4.63. The Balaban J connectivity index is 1.69. The first-order chi connectivity index (χ1) is 11.7. The summed E-state index contributed by atoms with van der Waals surface area (Å²) >= 11 is 0. The Bertz CT molecular complexity index is 888. The minimum Gasteiger partial charge on any atom is -0.329 e. The summed E-state index contributed by atoms with van der Waals surface area (Å²) in [5.41, 5.74) is 3.02. The number of fused-ring (bicyclic) bond motifs is 1. The van der Waals surface area contributed by atoms with Gasteiger partial charge in [0.15, 0.2) is 0 Å². The molecule has 4 rings (SSSR count). The van der Waals surface area contributed by atoms with Gasteiger partial charge in [0.05, 0.1) is 29.0 Å². The number of carbonyl (C=O) groups is 1. The minimum atomic E-state index is -0.0563. The molecule has 6 nitrogen and oxygen atoms in total. The zero-order valence-corrected chi connectivity index (χ0v) is 13.6. The maximum atomic E-state index is 13.1. The van der Waals surface area contributed by atoms with E-state index in [9.17, 15) is 4.79 Å². The lowest BCUT2D eigenvalue weighted by Gasteiger charge is -2.35. The standard InChI is InChI=1S/C18H19N5O/c1-22-16(9-10-20-22)17-8-4-5-11-23(17)18(24)15-12-19-13-6-2-3-7-14(13)21-15/h2-3,6-7,9-10,12,17H,4-5,8,11H2,1H3. The SMILES string of the molecule is Cn1nccc1C1CCCCN1C(=O)c1cnc2ccccc2n1. The normalized spacial score (nSPS) is 18.0. The van der Waals surface area contributed by atoms with Crippen LogP contribution in [0.4, 0.5) is 0 Å². The summed E-state index contributed by atoms with van der Waals surface area (Å²) in [6, 6.07) is 9.64. The molecule has 3 heterocycles. The number of benzene rings is 1. The lowest BCUT2D eigenvalue weighted by atomic mass is 9.98. The Hall–Kier alpha value is -2.76. The van der Waals surface area contributed by atoms with Crippen LogP contribution in [-0.2, 0) is 7.05 Å². The van der Waals surface area contributed by atoms with E-state index in [0.717, 1.165) is 42.5 Å². The number of rotatable bonds is 2. The average molecular weight is 321 g/mol. The van der Waals surface area contributed by atoms with Crippen molar-refractivity contribution in [2.45, 2.75) is 25.3 Å². The quantitative estimate of drug-likeness (QED) is 0.728. The van der Waals surface area contributed by atoms with E-state index in [4.69, 9.17) is 0 Å². The predicted molar refractivity (Wildman–Crippen MR) is 90.4 cm³/mol. The molecule has 2 aromatic heterocycles. The van der Waals surface area contributed by atoms with E-state index in [-0.39, 0.29) is 11.9 Å². The zero-order valence-electron chi connectivity index (χ0n) is 13.6. The largest absolute Gasteiger partial charge is 0.329 e. The van der Waals surface area contributed by atoms with Crippen molar-refractivity contribution in [3.8, 4) is 0 Å². The van der Waals surface area contributed by atoms with Gasteiger partial charge in [-0.15, -0.1) is 0 Å². The first kappa shape index (κ1) is 14.8. The molecular weight excluding hydrogens is 302 g/mol. The van der Waals surface area contributed by atoms with Crippen LogP contribution >= 0.6 is 0 Å². The zero-order chi connectivity index (χ0) is 16.5. The van der Waals surface area contributed by atoms with Crippen LogP contribution in [0, 0.1) is 0 Å². The third-order valence-corrected chi connectivity index (χ3v) is 4.63. The summed E-state index contributed by atoms with van der Waals surface area (Å²) in [4.78, 5) is 23.9. The highest BCUT2D eigenvalue weighted by Crippen LogP contribution is 2.31. The molecule has 1 fully saturated rings. The Morgan fingerprint density at radius 1 is 1.17 bits per heavy atom. The molecule has 1 unspecified atom stereocenters. The summed E-state index contributed by atoms with van der Waals surface area (Å²) < 4.78 is 1.85. The second-order valence-electron chi connectivity index (χ2n) is 6.13. The molecule has 1 amide bonds. The Morgan fingerprint density at radius 3 is 2.79 bits per heavy atom. The number of carbonyl (C=O) groups excluding carboxylic acids is 1. The van der Waals surface area contributed by atoms with Crippen LogP contribution in [0.25, 0.3) is 11.0 Å². The van der Waals surface area contributed by atoms with Crippen molar-refractivity contribution in [2.24, 2.45) is 7.05 Å². The van der Waals surface area contributed by atoms with Gasteiger partial charge in [0.2, 0.25) is 0 Å². The molecule has 6 heteroatoms. The number of likely N-dealkylation sites (tertiary alicyclic amines) is 1. The predicted octanol–water partition coefficient (Wildman–Crippen LogP) is 2.73. The topological polar surface area (TPSA) is 63.9 Å². The highest BCUT2D eigenvalue weighted by atomic mass is 16.2. The fourth-order valence-electron chi connectivity index (χ4n) is 3.40. The lowest BCUT2D eigenvalue weighted by molar-refractivity contribution is 0.0595. The van der Waals surface area contributed by atoms with Crippen LogP contribution in [0.3, 0.4) is 0 Å². The van der Waals surface area contributed by atoms with Crippen molar-refractivity contribution in [1.82, 2.24) is 24.6 Å². The lowest BCUT2D eigenvalue weighted by Crippen LogP contribution is -2.39. The van der Waals surface area contributed by atoms with Crippen LogP contribution in [0.5, 0.6) is 0 Å². The Labute approximate surface area is 140 Å². The first-order valence-electron chi connectivity index (χ1n) is 8.25. The molecule has 24 heavy (non-hydrogen) atoms. The van der Waals surface area contributed by atoms with Gasteiger partial charge < -0.3 is 4.90 Å². The van der Waals surface area contributed by atoms with Gasteiger partial charge in [0.25, 0.3) is 5.91 Å². The molecule has 1 aromatic carbocycles. The van der Waals surface area contributed by atoms with E-state index in [0.29, 0.717) is 5.69 Å². The second kappa shape index (κ2) is 6.03. The number of hydrogen-bond donors (Lipinski definition) is 0. The highest BCUT2D eigenvalue weighted by molar-refractivity contribution is 5.94. The van der Waals surface area contributed by atoms with Gasteiger partial charge in [-0.05, 0) is 37.5 Å². The van der Waals surface area contributed by atoms with Gasteiger partial charge in [-0.3, -0.25) is 14.5 Å². The van der Waals surface area contributed by atoms with Crippen molar-refractivity contribution in [1.29, 1.82) is 0 Å². The molecule has 122 valence electrons. The molecule has 1 aliphatic rings. The van der Waals surface area contributed by atoms with Crippen molar-refractivity contribution in [2.75, 3.05) is 6.54 Å². The van der Waals surface area contributed by atoms with Crippen LogP contribution in [-0.4, -0.2) is 37.1 Å². The van der Waals surface area contributed by atoms with Gasteiger partial charge in [-0.25, -0.2) is 4.98 Å². The van der Waals surface area contributed by atoms with Crippen molar-refractivity contribution < 1.29 is 4.79 Å². The molecule has 0 spiro atoms. The first-order valence-corrected chi connectivity index (χ1v) is 8.25. The van der Waals surface area contributed by atoms with Crippen LogP contribution in [0.2, 0.25) is 0 Å². The molecule has 1 saturated heterocycles. The number of piperidine rings is 1. The molecule has 0 saturated carbocycles. The van der Waals surface area contributed by atoms with E-state index in [1.54, 1.807) is 12.4 Å². The van der Waals surface area contributed by atoms with Gasteiger partial charge in [0, 0.05) is 19.8 Å². The minimum absolute atomic E-state index is 0.0482. The summed E-state index contributed by atoms with van der Waals surface area (Å²) in [5, 5.41) is 4.25. The van der Waals surface area contributed by atoms with Crippen molar-refractivity contribution in [3.63, 3.8) is 0 Å². The van der Waals surface area contributed by atoms with Crippen molar-refractivity contribution >= 4 is 16.9 Å². The molecule has 0 N–H and O–H groups in total. The average Bonchev–Trinajstić information content (AvgIpc) is 3.06. The molecule has 0 aliphatic carbocycles. The van der Waals surface area contributed by atoms with E-state index < -0.39 is 0 Å². The number of nitrogens with zero attached hydrogens (tertiary/aromatic N) is 5. The Kier molecular flexibility index (Phi) is 3.72. The monoisotopic (exact) mass is 321 g/mol. The summed E-state index contributed by atoms with van der Waals surface area (Å²) in [6.45, 7) is 0.739. The van der Waals surface area contributed by atoms with Gasteiger partial charge >= 0.3 is 0 Å². The van der Waals surface area contributed by atoms with Crippen LogP contribution in [0.15, 0.2) is 42.7 Å². The van der Waals surface area contributed by atoms with E-state index in [1.165, 1.54) is 0 Å². The van der Waals surface area contributed by atoms with Crippen LogP contribution in [0.1, 0.15) is 41.5 Å². The molecule has 0 radical (unpaired) electrons. The van der Waals surface area contributed by atoms with E-state index in [2.05, 4.69) is 15.1 Å². The highest BCUT2D eigenvalue weighted by Gasteiger charge is 2.31. The van der Waals surface area contributed by atoms with Gasteiger partial charge in [0.1, 0.15) is 5.69 Å². The van der Waals surface area contributed by atoms with Gasteiger partial charge in [-0.2, -0.15) is 5.10 Å². The molecule has 1 atom stereocenters. The van der Waals surface area contributed by atoms with E-state index in [1.807, 2.05) is 47.0 Å². The number of aromatic nitrogens is 4. The number of hydrogen-bond acceptors (Lipinski definition) is 4. The molecular formula is C18H19N5O. The summed E-state index contributed by atoms with van der Waals surface area (Å²) in [7, 11) is 1.92. The summed E-state index contributed by atoms with van der Waals surface area (Å²) in [6.07, 6.45) is 6.44. The van der Waals surface area contributed by atoms with Gasteiger partial charge in [-0.1, -0.05) is 12.1 Å². The second-order valence-corrected chi connectivity index (χ2v) is 6.13. The maximum absolute atomic E-state index is 13.1. The fraction of sp³-hybridized carbons (Fsp3) is 0.333. The number of amides is 1. The Morgan fingerprint density at radius 2 is 2.00 bits per heavy atom. The molecule has 0 bridgehead atoms. The number of aryl methyl sites for hydroxylation is 1. The number of para-hydroxylation sites is 2.